The molecule has 3 nitrogen and oxygen atoms in total. The molecule has 1 heterocycles. The minimum Gasteiger partial charge on any atom is -0.244 e. The topological polar surface area (TPSA) is 30.7 Å². The molecule has 1 aliphatic rings. The summed E-state index contributed by atoms with van der Waals surface area (Å²) < 4.78 is 2.11. The van der Waals surface area contributed by atoms with Crippen molar-refractivity contribution in [3.05, 3.63) is 95.6 Å². The van der Waals surface area contributed by atoms with Crippen LogP contribution in [0.25, 0.3) is 22.5 Å². The zero-order valence-corrected chi connectivity index (χ0v) is 15.9. The first kappa shape index (κ1) is 16.9. The number of nitrogens with zero attached hydrogens (tertiary/aromatic N) is 3. The Morgan fingerprint density at radius 1 is 0.714 bits per heavy atom. The molecule has 0 atom stereocenters. The Labute approximate surface area is 165 Å². The Morgan fingerprint density at radius 3 is 2.14 bits per heavy atom. The second kappa shape index (κ2) is 7.43. The van der Waals surface area contributed by atoms with Gasteiger partial charge in [0.25, 0.3) is 0 Å². The standard InChI is InChI=1S/C25H23N3/c1-2-9-19(10-3-1)11-8-18-28-25-23-15-7-5-13-21(23)17-16-20-12-4-6-14-22(20)24(25)26-27-28/h1-7,9-10,12-15H,8,11,16-18H2. The Kier molecular flexibility index (Phi) is 4.50. The largest absolute Gasteiger partial charge is 0.244 e. The minimum absolute atomic E-state index is 0.869. The van der Waals surface area contributed by atoms with E-state index < -0.39 is 0 Å². The number of benzene rings is 3. The highest BCUT2D eigenvalue weighted by atomic mass is 15.4. The third-order valence-electron chi connectivity index (χ3n) is 5.62. The summed E-state index contributed by atoms with van der Waals surface area (Å²) in [5.74, 6) is 0. The van der Waals surface area contributed by atoms with Gasteiger partial charge in [0, 0.05) is 17.7 Å². The van der Waals surface area contributed by atoms with Gasteiger partial charge in [-0.25, -0.2) is 4.68 Å². The van der Waals surface area contributed by atoms with Crippen LogP contribution in [0.5, 0.6) is 0 Å². The summed E-state index contributed by atoms with van der Waals surface area (Å²) >= 11 is 0. The Hall–Kier alpha value is -3.20. The molecule has 3 heteroatoms. The molecule has 4 aromatic rings. The molecule has 0 N–H and O–H groups in total. The van der Waals surface area contributed by atoms with Crippen molar-refractivity contribution in [2.45, 2.75) is 32.2 Å². The molecule has 1 aromatic heterocycles. The van der Waals surface area contributed by atoms with Crippen LogP contribution in [0.1, 0.15) is 23.1 Å². The molecule has 0 unspecified atom stereocenters. The van der Waals surface area contributed by atoms with Gasteiger partial charge in [-0.1, -0.05) is 84.1 Å². The summed E-state index contributed by atoms with van der Waals surface area (Å²) in [7, 11) is 0. The van der Waals surface area contributed by atoms with Gasteiger partial charge in [-0.15, -0.1) is 5.10 Å². The molecular formula is C25H23N3. The van der Waals surface area contributed by atoms with Crippen LogP contribution < -0.4 is 0 Å². The van der Waals surface area contributed by atoms with Gasteiger partial charge < -0.3 is 0 Å². The van der Waals surface area contributed by atoms with E-state index in [2.05, 4.69) is 93.9 Å². The highest BCUT2D eigenvalue weighted by molar-refractivity contribution is 5.82. The number of fused-ring (bicyclic) bond motifs is 5. The van der Waals surface area contributed by atoms with Gasteiger partial charge in [-0.3, -0.25) is 0 Å². The van der Waals surface area contributed by atoms with Crippen LogP contribution in [-0.4, -0.2) is 15.0 Å². The van der Waals surface area contributed by atoms with E-state index in [1.807, 2.05) is 0 Å². The SMILES string of the molecule is c1ccc(CCCn2nnc3c2-c2ccccc2CCc2ccccc2-3)cc1. The van der Waals surface area contributed by atoms with E-state index in [-0.39, 0.29) is 0 Å². The van der Waals surface area contributed by atoms with Gasteiger partial charge in [-0.05, 0) is 42.4 Å². The van der Waals surface area contributed by atoms with E-state index in [1.165, 1.54) is 27.8 Å². The fraction of sp³-hybridized carbons (Fsp3) is 0.200. The van der Waals surface area contributed by atoms with Crippen LogP contribution in [0.2, 0.25) is 0 Å². The normalized spacial score (nSPS) is 12.4. The molecule has 0 saturated heterocycles. The van der Waals surface area contributed by atoms with E-state index in [4.69, 9.17) is 0 Å². The second-order valence-electron chi connectivity index (χ2n) is 7.41. The molecule has 0 fully saturated rings. The van der Waals surface area contributed by atoms with Gasteiger partial charge in [0.2, 0.25) is 0 Å². The maximum Gasteiger partial charge on any atom is 0.121 e. The fourth-order valence-corrected chi connectivity index (χ4v) is 4.20. The number of aryl methyl sites for hydroxylation is 4. The number of hydrogen-bond acceptors (Lipinski definition) is 2. The third kappa shape index (κ3) is 3.13. The molecule has 0 radical (unpaired) electrons. The highest BCUT2D eigenvalue weighted by Gasteiger charge is 2.22. The van der Waals surface area contributed by atoms with Crippen LogP contribution in [0.4, 0.5) is 0 Å². The van der Waals surface area contributed by atoms with Crippen molar-refractivity contribution in [1.29, 1.82) is 0 Å². The van der Waals surface area contributed by atoms with Crippen molar-refractivity contribution in [2.24, 2.45) is 0 Å². The van der Waals surface area contributed by atoms with E-state index >= 15 is 0 Å². The summed E-state index contributed by atoms with van der Waals surface area (Å²) in [4.78, 5) is 0. The lowest BCUT2D eigenvalue weighted by Gasteiger charge is -2.18. The summed E-state index contributed by atoms with van der Waals surface area (Å²) in [6.07, 6.45) is 4.17. The molecule has 5 rings (SSSR count). The first-order valence-corrected chi connectivity index (χ1v) is 10.0. The monoisotopic (exact) mass is 365 g/mol. The predicted molar refractivity (Wildman–Crippen MR) is 113 cm³/mol. The lowest BCUT2D eigenvalue weighted by molar-refractivity contribution is 0.563. The molecule has 138 valence electrons. The van der Waals surface area contributed by atoms with Crippen molar-refractivity contribution in [3.63, 3.8) is 0 Å². The smallest absolute Gasteiger partial charge is 0.121 e. The van der Waals surface area contributed by atoms with Crippen LogP contribution in [-0.2, 0) is 25.8 Å². The number of hydrogen-bond donors (Lipinski definition) is 0. The molecule has 0 bridgehead atoms. The maximum atomic E-state index is 4.64. The maximum absolute atomic E-state index is 4.64. The van der Waals surface area contributed by atoms with Crippen molar-refractivity contribution < 1.29 is 0 Å². The summed E-state index contributed by atoms with van der Waals surface area (Å²) in [6, 6.07) is 28.0. The third-order valence-corrected chi connectivity index (χ3v) is 5.62. The van der Waals surface area contributed by atoms with Gasteiger partial charge in [-0.2, -0.15) is 0 Å². The molecule has 0 spiro atoms. The van der Waals surface area contributed by atoms with Gasteiger partial charge in [0.1, 0.15) is 5.69 Å². The minimum atomic E-state index is 0.869. The molecule has 28 heavy (non-hydrogen) atoms. The van der Waals surface area contributed by atoms with Crippen molar-refractivity contribution in [1.82, 2.24) is 15.0 Å². The number of aromatic nitrogens is 3. The molecule has 1 aliphatic carbocycles. The van der Waals surface area contributed by atoms with Crippen LogP contribution in [0.3, 0.4) is 0 Å². The Bertz CT molecular complexity index is 1100. The predicted octanol–water partition coefficient (Wildman–Crippen LogP) is 5.34. The fourth-order valence-electron chi connectivity index (χ4n) is 4.20. The first-order valence-electron chi connectivity index (χ1n) is 10.0. The molecular weight excluding hydrogens is 342 g/mol. The zero-order valence-electron chi connectivity index (χ0n) is 15.9. The molecule has 3 aromatic carbocycles. The Morgan fingerprint density at radius 2 is 1.36 bits per heavy atom. The molecule has 0 saturated carbocycles. The summed E-state index contributed by atoms with van der Waals surface area (Å²) in [5, 5.41) is 9.21. The van der Waals surface area contributed by atoms with Crippen molar-refractivity contribution >= 4 is 0 Å². The number of rotatable bonds is 4. The van der Waals surface area contributed by atoms with Gasteiger partial charge in [0.15, 0.2) is 0 Å². The zero-order chi connectivity index (χ0) is 18.8. The molecule has 0 aliphatic heterocycles. The van der Waals surface area contributed by atoms with Crippen LogP contribution in [0.15, 0.2) is 78.9 Å². The van der Waals surface area contributed by atoms with E-state index in [1.54, 1.807) is 0 Å². The lowest BCUT2D eigenvalue weighted by Crippen LogP contribution is -2.07. The van der Waals surface area contributed by atoms with Crippen molar-refractivity contribution in [3.8, 4) is 22.5 Å². The second-order valence-corrected chi connectivity index (χ2v) is 7.41. The van der Waals surface area contributed by atoms with E-state index in [0.717, 1.165) is 43.6 Å². The lowest BCUT2D eigenvalue weighted by atomic mass is 9.89. The quantitative estimate of drug-likeness (QED) is 0.488. The Balaban J connectivity index is 1.54. The summed E-state index contributed by atoms with van der Waals surface area (Å²) in [6.45, 7) is 0.869. The van der Waals surface area contributed by atoms with Gasteiger partial charge in [0.05, 0.1) is 5.69 Å². The van der Waals surface area contributed by atoms with Crippen LogP contribution >= 0.6 is 0 Å². The van der Waals surface area contributed by atoms with Gasteiger partial charge >= 0.3 is 0 Å². The average Bonchev–Trinajstić information content (AvgIpc) is 3.15. The molecule has 0 amide bonds. The average molecular weight is 365 g/mol. The van der Waals surface area contributed by atoms with E-state index in [9.17, 15) is 0 Å². The van der Waals surface area contributed by atoms with E-state index in [0.29, 0.717) is 0 Å². The first-order chi connectivity index (χ1) is 13.9. The van der Waals surface area contributed by atoms with Crippen molar-refractivity contribution in [2.75, 3.05) is 0 Å². The van der Waals surface area contributed by atoms with Crippen LogP contribution in [0, 0.1) is 0 Å². The highest BCUT2D eigenvalue weighted by Crippen LogP contribution is 2.37. The summed E-state index contributed by atoms with van der Waals surface area (Å²) in [5.41, 5.74) is 8.78.